The highest BCUT2D eigenvalue weighted by molar-refractivity contribution is 9.10. The second-order valence-electron chi connectivity index (χ2n) is 6.72. The highest BCUT2D eigenvalue weighted by atomic mass is 79.9. The Morgan fingerprint density at radius 2 is 1.86 bits per heavy atom. The van der Waals surface area contributed by atoms with E-state index < -0.39 is 11.8 Å². The maximum Gasteiger partial charge on any atom is 0.261 e. The molecule has 0 radical (unpaired) electrons. The lowest BCUT2D eigenvalue weighted by molar-refractivity contribution is -0.133. The third-order valence-corrected chi connectivity index (χ3v) is 4.96. The lowest BCUT2D eigenvalue weighted by atomic mass is 10.1. The molecule has 0 saturated heterocycles. The summed E-state index contributed by atoms with van der Waals surface area (Å²) in [6.45, 7) is 1.67. The summed E-state index contributed by atoms with van der Waals surface area (Å²) in [6.07, 6.45) is 1.51. The highest BCUT2D eigenvalue weighted by Gasteiger charge is 2.35. The van der Waals surface area contributed by atoms with E-state index >= 15 is 0 Å². The van der Waals surface area contributed by atoms with Gasteiger partial charge < -0.3 is 10.2 Å². The molecule has 0 spiro atoms. The van der Waals surface area contributed by atoms with E-state index in [2.05, 4.69) is 26.2 Å². The summed E-state index contributed by atoms with van der Waals surface area (Å²) >= 11 is 3.28. The van der Waals surface area contributed by atoms with Gasteiger partial charge in [0.2, 0.25) is 11.8 Å². The van der Waals surface area contributed by atoms with Gasteiger partial charge in [0.1, 0.15) is 5.82 Å². The maximum atomic E-state index is 12.4. The molecule has 2 heterocycles. The Labute approximate surface area is 176 Å². The summed E-state index contributed by atoms with van der Waals surface area (Å²) in [7, 11) is 1.49. The van der Waals surface area contributed by atoms with Gasteiger partial charge in [0.25, 0.3) is 11.8 Å². The Bertz CT molecular complexity index is 1010. The monoisotopic (exact) mass is 458 g/mol. The van der Waals surface area contributed by atoms with Gasteiger partial charge in [-0.2, -0.15) is 0 Å². The molecule has 0 saturated carbocycles. The summed E-state index contributed by atoms with van der Waals surface area (Å²) in [5.74, 6) is -1.17. The number of nitrogens with one attached hydrogen (secondary N) is 1. The first-order valence-electron chi connectivity index (χ1n) is 8.88. The van der Waals surface area contributed by atoms with Crippen LogP contribution in [0.1, 0.15) is 32.7 Å². The van der Waals surface area contributed by atoms with Gasteiger partial charge in [-0.25, -0.2) is 4.98 Å². The van der Waals surface area contributed by atoms with Crippen molar-refractivity contribution in [3.63, 3.8) is 0 Å². The molecule has 2 aromatic rings. The first-order valence-corrected chi connectivity index (χ1v) is 9.68. The topological polar surface area (TPSA) is 99.7 Å². The number of pyridine rings is 1. The summed E-state index contributed by atoms with van der Waals surface area (Å²) in [6, 6.07) is 8.39. The number of rotatable bonds is 6. The molecule has 1 aliphatic heterocycles. The van der Waals surface area contributed by atoms with Crippen molar-refractivity contribution in [3.8, 4) is 0 Å². The molecule has 3 rings (SSSR count). The van der Waals surface area contributed by atoms with Crippen molar-refractivity contribution in [1.82, 2.24) is 14.8 Å². The van der Waals surface area contributed by atoms with E-state index in [0.29, 0.717) is 21.4 Å². The summed E-state index contributed by atoms with van der Waals surface area (Å²) in [5, 5.41) is 2.63. The van der Waals surface area contributed by atoms with E-state index in [1.54, 1.807) is 30.5 Å². The molecule has 0 bridgehead atoms. The zero-order valence-electron chi connectivity index (χ0n) is 15.9. The quantitative estimate of drug-likeness (QED) is 0.668. The normalized spacial score (nSPS) is 12.7. The molecule has 1 aromatic heterocycles. The largest absolute Gasteiger partial charge is 0.336 e. The fourth-order valence-electron chi connectivity index (χ4n) is 2.95. The molecule has 1 N–H and O–H groups in total. The third kappa shape index (κ3) is 4.68. The van der Waals surface area contributed by atoms with Crippen molar-refractivity contribution in [1.29, 1.82) is 0 Å². The van der Waals surface area contributed by atoms with Crippen LogP contribution in [0.4, 0.5) is 5.82 Å². The van der Waals surface area contributed by atoms with Crippen LogP contribution in [0.25, 0.3) is 0 Å². The third-order valence-electron chi connectivity index (χ3n) is 4.47. The maximum absolute atomic E-state index is 12.4. The van der Waals surface area contributed by atoms with Gasteiger partial charge in [-0.1, -0.05) is 15.9 Å². The minimum Gasteiger partial charge on any atom is -0.336 e. The molecule has 0 fully saturated rings. The van der Waals surface area contributed by atoms with Gasteiger partial charge in [0, 0.05) is 30.7 Å². The van der Waals surface area contributed by atoms with Gasteiger partial charge in [-0.05, 0) is 42.8 Å². The van der Waals surface area contributed by atoms with Crippen LogP contribution in [0.3, 0.4) is 0 Å². The number of amides is 4. The van der Waals surface area contributed by atoms with Crippen molar-refractivity contribution in [2.45, 2.75) is 13.3 Å². The van der Waals surface area contributed by atoms with Crippen LogP contribution in [-0.2, 0) is 9.59 Å². The average Bonchev–Trinajstić information content (AvgIpc) is 2.89. The number of benzene rings is 1. The molecule has 0 unspecified atom stereocenters. The van der Waals surface area contributed by atoms with E-state index in [9.17, 15) is 19.2 Å². The molecule has 9 heteroatoms. The Kier molecular flexibility index (Phi) is 6.07. The van der Waals surface area contributed by atoms with Gasteiger partial charge in [-0.15, -0.1) is 0 Å². The van der Waals surface area contributed by atoms with Crippen LogP contribution in [-0.4, -0.2) is 58.5 Å². The fraction of sp³-hybridized carbons (Fsp3) is 0.250. The summed E-state index contributed by atoms with van der Waals surface area (Å²) < 4.78 is 0.698. The minimum atomic E-state index is -0.426. The van der Waals surface area contributed by atoms with Gasteiger partial charge in [-0.3, -0.25) is 24.1 Å². The van der Waals surface area contributed by atoms with Crippen molar-refractivity contribution < 1.29 is 19.2 Å². The molecule has 8 nitrogen and oxygen atoms in total. The van der Waals surface area contributed by atoms with Gasteiger partial charge >= 0.3 is 0 Å². The fourth-order valence-corrected chi connectivity index (χ4v) is 3.32. The molecule has 0 atom stereocenters. The molecule has 150 valence electrons. The number of hydrogen-bond acceptors (Lipinski definition) is 5. The number of likely N-dealkylation sites (N-methyl/N-ethyl adjacent to an activating group) is 1. The van der Waals surface area contributed by atoms with Gasteiger partial charge in [0.05, 0.1) is 17.7 Å². The standard InChI is InChI=1S/C20H19BrN4O4/c1-12-5-7-22-16(9-12)23-17(26)11-24(2)18(27)6-8-25-19(28)14-4-3-13(21)10-15(14)20(25)29/h3-5,7,9-10H,6,8,11H2,1-2H3,(H,22,23,26). The minimum absolute atomic E-state index is 0.0474. The number of hydrogen-bond donors (Lipinski definition) is 1. The summed E-state index contributed by atoms with van der Waals surface area (Å²) in [4.78, 5) is 55.7. The highest BCUT2D eigenvalue weighted by Crippen LogP contribution is 2.26. The number of fused-ring (bicyclic) bond motifs is 1. The SMILES string of the molecule is Cc1ccnc(NC(=O)CN(C)C(=O)CCN2C(=O)c3ccc(Br)cc3C2=O)c1. The molecule has 4 amide bonds. The van der Waals surface area contributed by atoms with E-state index in [4.69, 9.17) is 0 Å². The Morgan fingerprint density at radius 3 is 2.59 bits per heavy atom. The smallest absolute Gasteiger partial charge is 0.261 e. The number of aryl methyl sites for hydroxylation is 1. The Balaban J connectivity index is 1.53. The van der Waals surface area contributed by atoms with Crippen LogP contribution in [0.15, 0.2) is 41.0 Å². The molecular weight excluding hydrogens is 440 g/mol. The molecule has 29 heavy (non-hydrogen) atoms. The van der Waals surface area contributed by atoms with Crippen LogP contribution >= 0.6 is 15.9 Å². The van der Waals surface area contributed by atoms with E-state index in [-0.39, 0.29) is 31.3 Å². The zero-order valence-corrected chi connectivity index (χ0v) is 17.5. The van der Waals surface area contributed by atoms with E-state index in [1.807, 2.05) is 13.0 Å². The van der Waals surface area contributed by atoms with Crippen LogP contribution in [0, 0.1) is 6.92 Å². The number of carbonyl (C=O) groups is 4. The van der Waals surface area contributed by atoms with E-state index in [1.165, 1.54) is 11.9 Å². The molecule has 0 aliphatic carbocycles. The molecular formula is C20H19BrN4O4. The number of carbonyl (C=O) groups excluding carboxylic acids is 4. The number of aromatic nitrogens is 1. The van der Waals surface area contributed by atoms with Crippen molar-refractivity contribution in [2.24, 2.45) is 0 Å². The Morgan fingerprint density at radius 1 is 1.14 bits per heavy atom. The van der Waals surface area contributed by atoms with Gasteiger partial charge in [0.15, 0.2) is 0 Å². The Hall–Kier alpha value is -3.07. The second kappa shape index (κ2) is 8.52. The lowest BCUT2D eigenvalue weighted by Gasteiger charge is -2.19. The van der Waals surface area contributed by atoms with Crippen LogP contribution in [0.2, 0.25) is 0 Å². The lowest BCUT2D eigenvalue weighted by Crippen LogP contribution is -2.38. The predicted molar refractivity (Wildman–Crippen MR) is 109 cm³/mol. The predicted octanol–water partition coefficient (Wildman–Crippen LogP) is 2.24. The van der Waals surface area contributed by atoms with Crippen LogP contribution < -0.4 is 5.32 Å². The average molecular weight is 459 g/mol. The van der Waals surface area contributed by atoms with Crippen molar-refractivity contribution >= 4 is 45.4 Å². The summed E-state index contributed by atoms with van der Waals surface area (Å²) in [5.41, 5.74) is 1.59. The van der Waals surface area contributed by atoms with E-state index in [0.717, 1.165) is 10.5 Å². The van der Waals surface area contributed by atoms with Crippen molar-refractivity contribution in [3.05, 3.63) is 57.7 Å². The zero-order chi connectivity index (χ0) is 21.1. The second-order valence-corrected chi connectivity index (χ2v) is 7.63. The number of anilines is 1. The molecule has 1 aliphatic rings. The van der Waals surface area contributed by atoms with Crippen LogP contribution in [0.5, 0.6) is 0 Å². The number of imide groups is 1. The first-order chi connectivity index (χ1) is 13.8. The molecule has 1 aromatic carbocycles. The first kappa shape index (κ1) is 20.7. The number of nitrogens with zero attached hydrogens (tertiary/aromatic N) is 3. The van der Waals surface area contributed by atoms with Crippen molar-refractivity contribution in [2.75, 3.05) is 25.5 Å². The number of halogens is 1.